The Morgan fingerprint density at radius 1 is 1.24 bits per heavy atom. The van der Waals surface area contributed by atoms with Crippen molar-refractivity contribution in [1.82, 2.24) is 19.6 Å². The molecule has 17 heavy (non-hydrogen) atoms. The first-order chi connectivity index (χ1) is 7.99. The van der Waals surface area contributed by atoms with Crippen molar-refractivity contribution in [3.8, 4) is 0 Å². The van der Waals surface area contributed by atoms with Gasteiger partial charge in [-0.25, -0.2) is 0 Å². The van der Waals surface area contributed by atoms with Crippen LogP contribution in [0.5, 0.6) is 0 Å². The maximum atomic E-state index is 4.35. The summed E-state index contributed by atoms with van der Waals surface area (Å²) in [7, 11) is 3.88. The lowest BCUT2D eigenvalue weighted by atomic mass is 10.3. The predicted molar refractivity (Wildman–Crippen MR) is 70.9 cm³/mol. The van der Waals surface area contributed by atoms with Crippen LogP contribution in [0.4, 0.5) is 5.82 Å². The van der Waals surface area contributed by atoms with Crippen molar-refractivity contribution in [2.45, 2.75) is 20.4 Å². The summed E-state index contributed by atoms with van der Waals surface area (Å²) >= 11 is 3.55. The molecule has 6 heteroatoms. The van der Waals surface area contributed by atoms with Gasteiger partial charge < -0.3 is 5.32 Å². The highest BCUT2D eigenvalue weighted by Gasteiger charge is 2.10. The van der Waals surface area contributed by atoms with Crippen molar-refractivity contribution >= 4 is 21.7 Å². The molecule has 5 nitrogen and oxygen atoms in total. The minimum Gasteiger partial charge on any atom is -0.363 e. The molecule has 0 saturated heterocycles. The van der Waals surface area contributed by atoms with Gasteiger partial charge in [0.25, 0.3) is 0 Å². The summed E-state index contributed by atoms with van der Waals surface area (Å²) < 4.78 is 4.79. The summed E-state index contributed by atoms with van der Waals surface area (Å²) in [6.45, 7) is 4.72. The lowest BCUT2D eigenvalue weighted by Crippen LogP contribution is -2.06. The standard InChI is InChI=1S/C11H16BrN5/c1-7-5-10(15-16(7)3)13-6-9-11(12)8(2)14-17(9)4/h5H,6H2,1-4H3,(H,13,15). The molecule has 0 aliphatic heterocycles. The molecule has 0 amide bonds. The monoisotopic (exact) mass is 297 g/mol. The molecule has 0 bridgehead atoms. The number of rotatable bonds is 3. The first-order valence-corrected chi connectivity index (χ1v) is 6.21. The topological polar surface area (TPSA) is 47.7 Å². The van der Waals surface area contributed by atoms with E-state index >= 15 is 0 Å². The maximum Gasteiger partial charge on any atom is 0.148 e. The van der Waals surface area contributed by atoms with E-state index in [9.17, 15) is 0 Å². The fourth-order valence-electron chi connectivity index (χ4n) is 1.69. The largest absolute Gasteiger partial charge is 0.363 e. The number of nitrogens with one attached hydrogen (secondary N) is 1. The summed E-state index contributed by atoms with van der Waals surface area (Å²) in [5, 5.41) is 12.0. The van der Waals surface area contributed by atoms with Crippen LogP contribution in [0.1, 0.15) is 17.1 Å². The molecule has 0 aliphatic rings. The molecular formula is C11H16BrN5. The van der Waals surface area contributed by atoms with Gasteiger partial charge in [-0.3, -0.25) is 9.36 Å². The van der Waals surface area contributed by atoms with Crippen molar-refractivity contribution in [3.63, 3.8) is 0 Å². The Hall–Kier alpha value is -1.30. The zero-order chi connectivity index (χ0) is 12.6. The van der Waals surface area contributed by atoms with E-state index in [2.05, 4.69) is 31.4 Å². The Labute approximate surface area is 109 Å². The van der Waals surface area contributed by atoms with E-state index in [0.717, 1.165) is 27.4 Å². The van der Waals surface area contributed by atoms with Gasteiger partial charge in [0.1, 0.15) is 5.82 Å². The van der Waals surface area contributed by atoms with Crippen molar-refractivity contribution < 1.29 is 0 Å². The second-order valence-corrected chi connectivity index (χ2v) is 4.91. The predicted octanol–water partition coefficient (Wildman–Crippen LogP) is 2.15. The van der Waals surface area contributed by atoms with Gasteiger partial charge in [0.2, 0.25) is 0 Å². The van der Waals surface area contributed by atoms with Crippen LogP contribution in [0, 0.1) is 13.8 Å². The Bertz CT molecular complexity index is 521. The second-order valence-electron chi connectivity index (χ2n) is 4.12. The fourth-order valence-corrected chi connectivity index (χ4v) is 2.17. The average Bonchev–Trinajstić information content (AvgIpc) is 2.69. The SMILES string of the molecule is Cc1nn(C)c(CNc2cc(C)n(C)n2)c1Br. The minimum absolute atomic E-state index is 0.703. The van der Waals surface area contributed by atoms with Gasteiger partial charge in [-0.1, -0.05) is 0 Å². The van der Waals surface area contributed by atoms with Crippen LogP contribution in [0.3, 0.4) is 0 Å². The molecule has 92 valence electrons. The van der Waals surface area contributed by atoms with Crippen LogP contribution >= 0.6 is 15.9 Å². The molecule has 2 rings (SSSR count). The molecule has 0 aliphatic carbocycles. The molecule has 0 fully saturated rings. The number of halogens is 1. The van der Waals surface area contributed by atoms with E-state index in [-0.39, 0.29) is 0 Å². The summed E-state index contributed by atoms with van der Waals surface area (Å²) in [4.78, 5) is 0. The van der Waals surface area contributed by atoms with Crippen LogP contribution in [0.25, 0.3) is 0 Å². The smallest absolute Gasteiger partial charge is 0.148 e. The number of hydrogen-bond acceptors (Lipinski definition) is 3. The molecular weight excluding hydrogens is 282 g/mol. The van der Waals surface area contributed by atoms with Crippen LogP contribution in [0.2, 0.25) is 0 Å². The van der Waals surface area contributed by atoms with E-state index in [1.165, 1.54) is 0 Å². The quantitative estimate of drug-likeness (QED) is 0.944. The number of hydrogen-bond donors (Lipinski definition) is 1. The van der Waals surface area contributed by atoms with Gasteiger partial charge in [0.15, 0.2) is 0 Å². The van der Waals surface area contributed by atoms with Gasteiger partial charge in [-0.2, -0.15) is 10.2 Å². The fraction of sp³-hybridized carbons (Fsp3) is 0.455. The van der Waals surface area contributed by atoms with E-state index in [1.807, 2.05) is 43.4 Å². The molecule has 0 aromatic carbocycles. The molecule has 0 atom stereocenters. The lowest BCUT2D eigenvalue weighted by Gasteiger charge is -2.04. The van der Waals surface area contributed by atoms with Crippen molar-refractivity contribution in [3.05, 3.63) is 27.6 Å². The first-order valence-electron chi connectivity index (χ1n) is 5.41. The third-order valence-corrected chi connectivity index (χ3v) is 3.84. The third-order valence-electron chi connectivity index (χ3n) is 2.81. The Balaban J connectivity index is 2.12. The van der Waals surface area contributed by atoms with Gasteiger partial charge in [0.05, 0.1) is 22.4 Å². The van der Waals surface area contributed by atoms with Gasteiger partial charge in [-0.15, -0.1) is 0 Å². The highest BCUT2D eigenvalue weighted by molar-refractivity contribution is 9.10. The molecule has 0 spiro atoms. The van der Waals surface area contributed by atoms with Gasteiger partial charge in [-0.05, 0) is 29.8 Å². The summed E-state index contributed by atoms with van der Waals surface area (Å²) in [6.07, 6.45) is 0. The van der Waals surface area contributed by atoms with Gasteiger partial charge in [0, 0.05) is 25.9 Å². The molecule has 0 saturated carbocycles. The lowest BCUT2D eigenvalue weighted by molar-refractivity contribution is 0.708. The van der Waals surface area contributed by atoms with Crippen LogP contribution in [0.15, 0.2) is 10.5 Å². The molecule has 1 N–H and O–H groups in total. The van der Waals surface area contributed by atoms with Crippen LogP contribution < -0.4 is 5.32 Å². The Morgan fingerprint density at radius 2 is 1.94 bits per heavy atom. The molecule has 0 radical (unpaired) electrons. The van der Waals surface area contributed by atoms with Crippen molar-refractivity contribution in [2.24, 2.45) is 14.1 Å². The van der Waals surface area contributed by atoms with Crippen molar-refractivity contribution in [2.75, 3.05) is 5.32 Å². The van der Waals surface area contributed by atoms with E-state index < -0.39 is 0 Å². The molecule has 0 unspecified atom stereocenters. The van der Waals surface area contributed by atoms with Gasteiger partial charge >= 0.3 is 0 Å². The minimum atomic E-state index is 0.703. The zero-order valence-corrected chi connectivity index (χ0v) is 12.0. The van der Waals surface area contributed by atoms with Crippen LogP contribution in [-0.2, 0) is 20.6 Å². The Kier molecular flexibility index (Phi) is 3.24. The number of aryl methyl sites for hydroxylation is 4. The molecule has 2 heterocycles. The van der Waals surface area contributed by atoms with E-state index in [1.54, 1.807) is 0 Å². The number of anilines is 1. The first kappa shape index (κ1) is 12.2. The average molecular weight is 298 g/mol. The van der Waals surface area contributed by atoms with E-state index in [4.69, 9.17) is 0 Å². The second kappa shape index (κ2) is 4.52. The number of aromatic nitrogens is 4. The van der Waals surface area contributed by atoms with Crippen LogP contribution in [-0.4, -0.2) is 19.6 Å². The normalized spacial score (nSPS) is 10.9. The highest BCUT2D eigenvalue weighted by Crippen LogP contribution is 2.21. The summed E-state index contributed by atoms with van der Waals surface area (Å²) in [5.74, 6) is 0.885. The summed E-state index contributed by atoms with van der Waals surface area (Å²) in [5.41, 5.74) is 3.25. The zero-order valence-electron chi connectivity index (χ0n) is 10.5. The van der Waals surface area contributed by atoms with E-state index in [0.29, 0.717) is 6.54 Å². The van der Waals surface area contributed by atoms with Crippen molar-refractivity contribution in [1.29, 1.82) is 0 Å². The number of nitrogens with zero attached hydrogens (tertiary/aromatic N) is 4. The molecule has 2 aromatic heterocycles. The molecule has 2 aromatic rings. The highest BCUT2D eigenvalue weighted by atomic mass is 79.9. The third kappa shape index (κ3) is 2.36. The summed E-state index contributed by atoms with van der Waals surface area (Å²) in [6, 6.07) is 2.02. The Morgan fingerprint density at radius 3 is 2.41 bits per heavy atom. The maximum absolute atomic E-state index is 4.35.